The SMILES string of the molecule is CCCCOC(c1ccc(OC)cc1)c1c(C)[nH]c2ccccc12. The number of para-hydroxylation sites is 1. The number of hydrogen-bond acceptors (Lipinski definition) is 2. The first-order valence-electron chi connectivity index (χ1n) is 8.57. The third-order valence-electron chi connectivity index (χ3n) is 4.41. The summed E-state index contributed by atoms with van der Waals surface area (Å²) in [6.07, 6.45) is 2.12. The summed E-state index contributed by atoms with van der Waals surface area (Å²) in [6, 6.07) is 16.6. The molecule has 1 atom stereocenters. The van der Waals surface area contributed by atoms with Crippen LogP contribution in [-0.2, 0) is 4.74 Å². The minimum absolute atomic E-state index is 0.0707. The van der Waals surface area contributed by atoms with E-state index in [1.807, 2.05) is 12.1 Å². The monoisotopic (exact) mass is 323 g/mol. The van der Waals surface area contributed by atoms with Crippen molar-refractivity contribution in [3.8, 4) is 5.75 Å². The summed E-state index contributed by atoms with van der Waals surface area (Å²) in [5.41, 5.74) is 4.70. The van der Waals surface area contributed by atoms with E-state index < -0.39 is 0 Å². The predicted molar refractivity (Wildman–Crippen MR) is 98.7 cm³/mol. The number of H-pyrrole nitrogens is 1. The van der Waals surface area contributed by atoms with Crippen LogP contribution in [0.1, 0.15) is 42.7 Å². The summed E-state index contributed by atoms with van der Waals surface area (Å²) >= 11 is 0. The lowest BCUT2D eigenvalue weighted by atomic mass is 9.98. The van der Waals surface area contributed by atoms with Gasteiger partial charge in [-0.15, -0.1) is 0 Å². The average molecular weight is 323 g/mol. The molecule has 1 aromatic heterocycles. The van der Waals surface area contributed by atoms with E-state index in [0.717, 1.165) is 42.0 Å². The van der Waals surface area contributed by atoms with Gasteiger partial charge < -0.3 is 14.5 Å². The number of fused-ring (bicyclic) bond motifs is 1. The van der Waals surface area contributed by atoms with Crippen LogP contribution in [0.2, 0.25) is 0 Å². The molecule has 0 radical (unpaired) electrons. The topological polar surface area (TPSA) is 34.2 Å². The normalized spacial score (nSPS) is 12.5. The van der Waals surface area contributed by atoms with Gasteiger partial charge in [0.1, 0.15) is 11.9 Å². The van der Waals surface area contributed by atoms with Gasteiger partial charge in [0, 0.05) is 28.8 Å². The van der Waals surface area contributed by atoms with E-state index >= 15 is 0 Å². The molecule has 0 spiro atoms. The van der Waals surface area contributed by atoms with Crippen LogP contribution >= 0.6 is 0 Å². The van der Waals surface area contributed by atoms with Crippen LogP contribution in [-0.4, -0.2) is 18.7 Å². The molecule has 0 amide bonds. The molecule has 0 aliphatic rings. The lowest BCUT2D eigenvalue weighted by molar-refractivity contribution is 0.0783. The Morgan fingerprint density at radius 2 is 1.79 bits per heavy atom. The van der Waals surface area contributed by atoms with Crippen LogP contribution in [0.5, 0.6) is 5.75 Å². The second kappa shape index (κ2) is 7.54. The minimum Gasteiger partial charge on any atom is -0.497 e. The molecule has 3 aromatic rings. The molecule has 0 fully saturated rings. The van der Waals surface area contributed by atoms with Gasteiger partial charge in [-0.25, -0.2) is 0 Å². The average Bonchev–Trinajstić information content (AvgIpc) is 2.95. The number of unbranched alkanes of at least 4 members (excludes halogenated alkanes) is 1. The highest BCUT2D eigenvalue weighted by atomic mass is 16.5. The molecule has 0 aliphatic heterocycles. The summed E-state index contributed by atoms with van der Waals surface area (Å²) < 4.78 is 11.6. The van der Waals surface area contributed by atoms with Crippen molar-refractivity contribution in [1.29, 1.82) is 0 Å². The Hall–Kier alpha value is -2.26. The minimum atomic E-state index is -0.0707. The smallest absolute Gasteiger partial charge is 0.118 e. The van der Waals surface area contributed by atoms with E-state index in [-0.39, 0.29) is 6.10 Å². The van der Waals surface area contributed by atoms with Crippen molar-refractivity contribution in [2.24, 2.45) is 0 Å². The Labute approximate surface area is 143 Å². The first-order chi connectivity index (χ1) is 11.7. The van der Waals surface area contributed by atoms with E-state index in [2.05, 4.69) is 55.2 Å². The lowest BCUT2D eigenvalue weighted by Crippen LogP contribution is -2.08. The highest BCUT2D eigenvalue weighted by molar-refractivity contribution is 5.85. The van der Waals surface area contributed by atoms with Crippen LogP contribution < -0.4 is 4.74 Å². The Bertz CT molecular complexity index is 789. The maximum Gasteiger partial charge on any atom is 0.118 e. The second-order valence-electron chi connectivity index (χ2n) is 6.09. The van der Waals surface area contributed by atoms with Crippen LogP contribution in [0.4, 0.5) is 0 Å². The Morgan fingerprint density at radius 3 is 2.50 bits per heavy atom. The Balaban J connectivity index is 2.03. The molecular weight excluding hydrogens is 298 g/mol. The van der Waals surface area contributed by atoms with Crippen molar-refractivity contribution < 1.29 is 9.47 Å². The summed E-state index contributed by atoms with van der Waals surface area (Å²) in [7, 11) is 1.69. The van der Waals surface area contributed by atoms with E-state index in [1.165, 1.54) is 10.9 Å². The second-order valence-corrected chi connectivity index (χ2v) is 6.09. The highest BCUT2D eigenvalue weighted by Crippen LogP contribution is 2.35. The fourth-order valence-corrected chi connectivity index (χ4v) is 3.11. The highest BCUT2D eigenvalue weighted by Gasteiger charge is 2.21. The van der Waals surface area contributed by atoms with Crippen LogP contribution in [0.25, 0.3) is 10.9 Å². The molecular formula is C21H25NO2. The Morgan fingerprint density at radius 1 is 1.04 bits per heavy atom. The van der Waals surface area contributed by atoms with Crippen molar-refractivity contribution in [2.75, 3.05) is 13.7 Å². The maximum absolute atomic E-state index is 6.31. The van der Waals surface area contributed by atoms with E-state index in [0.29, 0.717) is 0 Å². The molecule has 2 aromatic carbocycles. The number of benzene rings is 2. The number of methoxy groups -OCH3 is 1. The van der Waals surface area contributed by atoms with Crippen molar-refractivity contribution >= 4 is 10.9 Å². The number of ether oxygens (including phenoxy) is 2. The summed E-state index contributed by atoms with van der Waals surface area (Å²) in [4.78, 5) is 3.49. The first-order valence-corrected chi connectivity index (χ1v) is 8.57. The Kier molecular flexibility index (Phi) is 5.21. The molecule has 3 nitrogen and oxygen atoms in total. The molecule has 3 rings (SSSR count). The third kappa shape index (κ3) is 3.31. The zero-order valence-corrected chi connectivity index (χ0v) is 14.6. The van der Waals surface area contributed by atoms with Gasteiger partial charge in [-0.3, -0.25) is 0 Å². The molecule has 1 heterocycles. The van der Waals surface area contributed by atoms with Gasteiger partial charge in [-0.05, 0) is 37.1 Å². The summed E-state index contributed by atoms with van der Waals surface area (Å²) in [6.45, 7) is 5.06. The molecule has 0 aliphatic carbocycles. The van der Waals surface area contributed by atoms with Crippen molar-refractivity contribution in [2.45, 2.75) is 32.8 Å². The zero-order chi connectivity index (χ0) is 16.9. The van der Waals surface area contributed by atoms with Gasteiger partial charge >= 0.3 is 0 Å². The standard InChI is InChI=1S/C21H25NO2/c1-4-5-14-24-21(16-10-12-17(23-3)13-11-16)20-15(2)22-19-9-7-6-8-18(19)20/h6-13,21-22H,4-5,14H2,1-3H3. The van der Waals surface area contributed by atoms with Crippen LogP contribution in [0.15, 0.2) is 48.5 Å². The lowest BCUT2D eigenvalue weighted by Gasteiger charge is -2.20. The van der Waals surface area contributed by atoms with Gasteiger partial charge in [0.15, 0.2) is 0 Å². The fraction of sp³-hybridized carbons (Fsp3) is 0.333. The largest absolute Gasteiger partial charge is 0.497 e. The van der Waals surface area contributed by atoms with Gasteiger partial charge in [-0.1, -0.05) is 43.7 Å². The van der Waals surface area contributed by atoms with Gasteiger partial charge in [0.2, 0.25) is 0 Å². The fourth-order valence-electron chi connectivity index (χ4n) is 3.11. The third-order valence-corrected chi connectivity index (χ3v) is 4.41. The predicted octanol–water partition coefficient (Wildman–Crippen LogP) is 5.39. The van der Waals surface area contributed by atoms with E-state index in [9.17, 15) is 0 Å². The first kappa shape index (κ1) is 16.6. The van der Waals surface area contributed by atoms with Gasteiger partial charge in [0.25, 0.3) is 0 Å². The number of aromatic amines is 1. The molecule has 24 heavy (non-hydrogen) atoms. The summed E-state index contributed by atoms with van der Waals surface area (Å²) in [5, 5.41) is 1.23. The number of aromatic nitrogens is 1. The number of hydrogen-bond donors (Lipinski definition) is 1. The molecule has 0 saturated carbocycles. The van der Waals surface area contributed by atoms with Gasteiger partial charge in [-0.2, -0.15) is 0 Å². The molecule has 126 valence electrons. The number of rotatable bonds is 7. The van der Waals surface area contributed by atoms with Crippen LogP contribution in [0, 0.1) is 6.92 Å². The molecule has 0 saturated heterocycles. The van der Waals surface area contributed by atoms with E-state index in [4.69, 9.17) is 9.47 Å². The molecule has 1 N–H and O–H groups in total. The molecule has 1 unspecified atom stereocenters. The van der Waals surface area contributed by atoms with Gasteiger partial charge in [0.05, 0.1) is 7.11 Å². The van der Waals surface area contributed by atoms with Crippen molar-refractivity contribution in [1.82, 2.24) is 4.98 Å². The zero-order valence-electron chi connectivity index (χ0n) is 14.6. The molecule has 0 bridgehead atoms. The van der Waals surface area contributed by atoms with Crippen LogP contribution in [0.3, 0.4) is 0 Å². The number of nitrogens with one attached hydrogen (secondary N) is 1. The summed E-state index contributed by atoms with van der Waals surface area (Å²) in [5.74, 6) is 0.863. The number of aryl methyl sites for hydroxylation is 1. The molecule has 3 heteroatoms. The van der Waals surface area contributed by atoms with Crippen molar-refractivity contribution in [3.05, 3.63) is 65.4 Å². The maximum atomic E-state index is 6.31. The van der Waals surface area contributed by atoms with E-state index in [1.54, 1.807) is 7.11 Å². The van der Waals surface area contributed by atoms with Crippen molar-refractivity contribution in [3.63, 3.8) is 0 Å². The quantitative estimate of drug-likeness (QED) is 0.591.